The van der Waals surface area contributed by atoms with E-state index in [9.17, 15) is 0 Å². The van der Waals surface area contributed by atoms with E-state index in [1.807, 2.05) is 35.6 Å². The molecule has 9 heteroatoms. The van der Waals surface area contributed by atoms with Gasteiger partial charge < -0.3 is 36.2 Å². The Labute approximate surface area is 777 Å². The summed E-state index contributed by atoms with van der Waals surface area (Å²) in [5.74, 6) is 0. The average molecular weight is 1740 g/mol. The molecule has 0 amide bonds. The molecule has 9 heterocycles. The predicted molar refractivity (Wildman–Crippen MR) is 569 cm³/mol. The van der Waals surface area contributed by atoms with Gasteiger partial charge >= 0.3 is 0 Å². The van der Waals surface area contributed by atoms with E-state index >= 15 is 0 Å². The summed E-state index contributed by atoms with van der Waals surface area (Å²) in [6.45, 7) is 0. The molecule has 0 unspecified atom stereocenters. The van der Waals surface area contributed by atoms with Gasteiger partial charge in [0.15, 0.2) is 0 Å². The minimum atomic E-state index is 0.912. The summed E-state index contributed by atoms with van der Waals surface area (Å²) in [5.41, 5.74) is 32.0. The highest BCUT2D eigenvalue weighted by molar-refractivity contribution is 7.25. The summed E-state index contributed by atoms with van der Waals surface area (Å²) in [6, 6.07) is 171. The molecule has 21 aromatic carbocycles. The van der Waals surface area contributed by atoms with Crippen LogP contribution in [0.5, 0.6) is 0 Å². The Morgan fingerprint density at radius 2 is 0.422 bits per heavy atom. The molecule has 0 aliphatic carbocycles. The highest BCUT2D eigenvalue weighted by Gasteiger charge is 2.27. The third-order valence-electron chi connectivity index (χ3n) is 27.9. The molecule has 0 spiro atoms. The monoisotopic (exact) mass is 1740 g/mol. The summed E-state index contributed by atoms with van der Waals surface area (Å²) in [5, 5.41) is 22.2. The molecule has 0 aliphatic rings. The van der Waals surface area contributed by atoms with Gasteiger partial charge in [0.05, 0.1) is 66.2 Å². The number of benzene rings is 21. The lowest BCUT2D eigenvalue weighted by Crippen LogP contribution is -1.98. The van der Waals surface area contributed by atoms with Crippen LogP contribution in [0.1, 0.15) is 0 Å². The number of hydrogen-bond donors (Lipinski definition) is 0. The maximum absolute atomic E-state index is 6.45. The van der Waals surface area contributed by atoms with Gasteiger partial charge in [-0.2, -0.15) is 0 Å². The van der Waals surface area contributed by atoms with Crippen molar-refractivity contribution in [1.29, 1.82) is 0 Å². The molecule has 0 radical (unpaired) electrons. The smallest absolute Gasteiger partial charge is 0.143 e. The van der Waals surface area contributed by atoms with Gasteiger partial charge in [0, 0.05) is 146 Å². The molecule has 0 saturated heterocycles. The molecule has 0 N–H and O–H groups in total. The fourth-order valence-corrected chi connectivity index (χ4v) is 23.2. The van der Waals surface area contributed by atoms with Gasteiger partial charge in [0.1, 0.15) is 22.3 Å². The van der Waals surface area contributed by atoms with Crippen LogP contribution >= 0.6 is 11.3 Å². The molecule has 0 saturated carbocycles. The van der Waals surface area contributed by atoms with Gasteiger partial charge in [-0.25, -0.2) is 0 Å². The second kappa shape index (κ2) is 30.4. The van der Waals surface area contributed by atoms with Crippen molar-refractivity contribution < 1.29 is 8.83 Å². The van der Waals surface area contributed by atoms with E-state index in [0.717, 1.165) is 89.1 Å². The van der Waals surface area contributed by atoms with Crippen LogP contribution in [-0.2, 0) is 0 Å². The van der Waals surface area contributed by atoms with Crippen LogP contribution in [0, 0.1) is 0 Å². The zero-order chi connectivity index (χ0) is 88.5. The molecule has 630 valence electrons. The largest absolute Gasteiger partial charge is 0.456 e. The SMILES string of the molecule is c1ccc(-n2c3ccccc3c3ccc4c5ccccc5n(-c5cccc(-c6ccc7oc8ccccc8c7c6)c5)c4c32)cc1.c1ccc(-n2c3ccccc3c3ccc4c5ccccc5n(-c5cccc(-c6ccc7sc8ccccc8c7c6)c5)c4c32)cc1.c1ccc(-n2c3ccccc3c3ccc4c5ccccc5n(-c5cccc(-c6cccc7c6oc6ccccc67)c5)c4c32)cc1. The molecular weight excluding hydrogens is 1660 g/mol. The van der Waals surface area contributed by atoms with E-state index in [0.29, 0.717) is 0 Å². The number of aromatic nitrogens is 6. The van der Waals surface area contributed by atoms with Crippen molar-refractivity contribution in [2.75, 3.05) is 0 Å². The number of thiophene rings is 1. The molecule has 135 heavy (non-hydrogen) atoms. The first-order chi connectivity index (χ1) is 67.0. The lowest BCUT2D eigenvalue weighted by molar-refractivity contribution is 0.669. The number of nitrogens with zero attached hydrogens (tertiary/aromatic N) is 6. The van der Waals surface area contributed by atoms with Crippen LogP contribution in [0.4, 0.5) is 0 Å². The number of hydrogen-bond acceptors (Lipinski definition) is 3. The molecule has 9 aromatic heterocycles. The Kier molecular flexibility index (Phi) is 17.2. The maximum atomic E-state index is 6.45. The highest BCUT2D eigenvalue weighted by Crippen LogP contribution is 2.49. The number of para-hydroxylation sites is 12. The van der Waals surface area contributed by atoms with Crippen molar-refractivity contribution in [3.63, 3.8) is 0 Å². The van der Waals surface area contributed by atoms with Gasteiger partial charge in [-0.05, 0) is 179 Å². The zero-order valence-corrected chi connectivity index (χ0v) is 73.8. The Bertz CT molecular complexity index is 9710. The summed E-state index contributed by atoms with van der Waals surface area (Å²) in [6.07, 6.45) is 0. The second-order valence-electron chi connectivity index (χ2n) is 35.2. The van der Waals surface area contributed by atoms with Crippen molar-refractivity contribution in [2.24, 2.45) is 0 Å². The Hall–Kier alpha value is -17.8. The van der Waals surface area contributed by atoms with E-state index in [-0.39, 0.29) is 0 Å². The van der Waals surface area contributed by atoms with Crippen molar-refractivity contribution in [3.8, 4) is 67.5 Å². The maximum Gasteiger partial charge on any atom is 0.143 e. The summed E-state index contributed by atoms with van der Waals surface area (Å²) in [7, 11) is 0. The van der Waals surface area contributed by atoms with E-state index in [1.165, 1.54) is 173 Å². The first kappa shape index (κ1) is 76.1. The van der Waals surface area contributed by atoms with Crippen LogP contribution in [0.2, 0.25) is 0 Å². The lowest BCUT2D eigenvalue weighted by atomic mass is 10.0. The predicted octanol–water partition coefficient (Wildman–Crippen LogP) is 34.8. The van der Waals surface area contributed by atoms with Crippen molar-refractivity contribution in [1.82, 2.24) is 27.4 Å². The number of furan rings is 2. The molecule has 8 nitrogen and oxygen atoms in total. The average Bonchev–Trinajstić information content (AvgIpc) is 1.54. The van der Waals surface area contributed by atoms with Crippen LogP contribution in [0.3, 0.4) is 0 Å². The molecule has 30 aromatic rings. The quantitative estimate of drug-likeness (QED) is 0.145. The van der Waals surface area contributed by atoms with Crippen molar-refractivity contribution >= 4 is 206 Å². The number of fused-ring (bicyclic) bond motifs is 30. The van der Waals surface area contributed by atoms with Crippen LogP contribution in [0.25, 0.3) is 262 Å². The van der Waals surface area contributed by atoms with E-state index in [4.69, 9.17) is 8.83 Å². The van der Waals surface area contributed by atoms with E-state index < -0.39 is 0 Å². The second-order valence-corrected chi connectivity index (χ2v) is 36.3. The molecular formula is C126H78N6O2S. The molecule has 0 bridgehead atoms. The normalized spacial score (nSPS) is 12.0. The minimum absolute atomic E-state index is 0.912. The Balaban J connectivity index is 0.000000101. The standard InChI is InChI=1S/2C42H26N2O.C42H26N2S/c1-2-13-28(14-3-1)43-37-21-7-4-16-31(37)34-24-25-35-32-17-5-8-22-38(32)44(41(35)40(34)43)29-15-10-12-27(26-29)30-19-11-20-36-33-18-6-9-23-39(33)45-42(30)36;2*1-2-12-29(13-3-1)43-37-18-7-4-15-31(37)34-22-23-35-32-16-5-8-19-38(32)44(42(35)41(34)43)30-14-10-11-27(25-30)28-21-24-40-36(26-28)33-17-6-9-20-39(33)45-40/h3*1-26H. The zero-order valence-electron chi connectivity index (χ0n) is 72.9. The van der Waals surface area contributed by atoms with Crippen LogP contribution in [-0.4, -0.2) is 27.4 Å². The van der Waals surface area contributed by atoms with Gasteiger partial charge in [0.25, 0.3) is 0 Å². The third kappa shape index (κ3) is 11.8. The van der Waals surface area contributed by atoms with Crippen LogP contribution < -0.4 is 0 Å². The third-order valence-corrected chi connectivity index (χ3v) is 29.0. The van der Waals surface area contributed by atoms with Crippen molar-refractivity contribution in [2.45, 2.75) is 0 Å². The van der Waals surface area contributed by atoms with Crippen LogP contribution in [0.15, 0.2) is 482 Å². The van der Waals surface area contributed by atoms with Gasteiger partial charge in [-0.15, -0.1) is 11.3 Å². The summed E-state index contributed by atoms with van der Waals surface area (Å²) < 4.78 is 30.0. The summed E-state index contributed by atoms with van der Waals surface area (Å²) in [4.78, 5) is 0. The fraction of sp³-hybridized carbons (Fsp3) is 0. The fourth-order valence-electron chi connectivity index (χ4n) is 22.1. The first-order valence-corrected chi connectivity index (χ1v) is 46.9. The topological polar surface area (TPSA) is 55.9 Å². The van der Waals surface area contributed by atoms with Gasteiger partial charge in [0.2, 0.25) is 0 Å². The van der Waals surface area contributed by atoms with E-state index in [1.54, 1.807) is 0 Å². The van der Waals surface area contributed by atoms with Gasteiger partial charge in [-0.3, -0.25) is 0 Å². The molecule has 30 rings (SSSR count). The molecule has 0 aliphatic heterocycles. The lowest BCUT2D eigenvalue weighted by Gasteiger charge is -2.13. The summed E-state index contributed by atoms with van der Waals surface area (Å²) >= 11 is 1.87. The Morgan fingerprint density at radius 3 is 0.837 bits per heavy atom. The van der Waals surface area contributed by atoms with E-state index in [2.05, 4.69) is 476 Å². The highest BCUT2D eigenvalue weighted by atomic mass is 32.1. The molecule has 0 atom stereocenters. The first-order valence-electron chi connectivity index (χ1n) is 46.1. The molecule has 0 fully saturated rings. The Morgan fingerprint density at radius 1 is 0.148 bits per heavy atom. The minimum Gasteiger partial charge on any atom is -0.456 e. The number of rotatable bonds is 9. The van der Waals surface area contributed by atoms with Gasteiger partial charge in [-0.1, -0.05) is 322 Å². The van der Waals surface area contributed by atoms with Crippen molar-refractivity contribution in [3.05, 3.63) is 473 Å².